The third kappa shape index (κ3) is 3.81. The van der Waals surface area contributed by atoms with Crippen LogP contribution in [-0.4, -0.2) is 22.9 Å². The van der Waals surface area contributed by atoms with Crippen molar-refractivity contribution in [2.24, 2.45) is 0 Å². The topological polar surface area (TPSA) is 56.1 Å². The van der Waals surface area contributed by atoms with Gasteiger partial charge in [-0.2, -0.15) is 5.10 Å². The number of aromatic nitrogens is 2. The van der Waals surface area contributed by atoms with Crippen molar-refractivity contribution in [1.82, 2.24) is 9.78 Å². The summed E-state index contributed by atoms with van der Waals surface area (Å²) in [6.07, 6.45) is 3.72. The lowest BCUT2D eigenvalue weighted by atomic mass is 10.1. The van der Waals surface area contributed by atoms with Gasteiger partial charge in [-0.05, 0) is 29.3 Å². The molecule has 0 radical (unpaired) electrons. The maximum Gasteiger partial charge on any atom is 0.339 e. The van der Waals surface area contributed by atoms with E-state index < -0.39 is 0 Å². The SMILES string of the molecule is COC(=O)c1ccccc1NCc1ccc(Cn2cccn2)cc1. The summed E-state index contributed by atoms with van der Waals surface area (Å²) in [4.78, 5) is 11.8. The number of hydrogen-bond donors (Lipinski definition) is 1. The first-order valence-electron chi connectivity index (χ1n) is 7.73. The predicted octanol–water partition coefficient (Wildman–Crippen LogP) is 3.33. The first-order valence-corrected chi connectivity index (χ1v) is 7.73. The molecular weight excluding hydrogens is 302 g/mol. The Morgan fingerprint density at radius 1 is 1.08 bits per heavy atom. The molecule has 5 nitrogen and oxygen atoms in total. The summed E-state index contributed by atoms with van der Waals surface area (Å²) in [5, 5.41) is 7.50. The van der Waals surface area contributed by atoms with E-state index in [1.54, 1.807) is 12.3 Å². The van der Waals surface area contributed by atoms with Gasteiger partial charge in [-0.15, -0.1) is 0 Å². The van der Waals surface area contributed by atoms with E-state index in [4.69, 9.17) is 4.74 Å². The van der Waals surface area contributed by atoms with E-state index in [1.807, 2.05) is 35.1 Å². The van der Waals surface area contributed by atoms with Crippen LogP contribution in [0.15, 0.2) is 67.0 Å². The van der Waals surface area contributed by atoms with Crippen molar-refractivity contribution in [2.45, 2.75) is 13.1 Å². The lowest BCUT2D eigenvalue weighted by Gasteiger charge is -2.11. The van der Waals surface area contributed by atoms with E-state index in [0.29, 0.717) is 12.1 Å². The van der Waals surface area contributed by atoms with E-state index >= 15 is 0 Å². The van der Waals surface area contributed by atoms with Crippen molar-refractivity contribution >= 4 is 11.7 Å². The van der Waals surface area contributed by atoms with Crippen LogP contribution in [0.3, 0.4) is 0 Å². The minimum Gasteiger partial charge on any atom is -0.465 e. The second-order valence-electron chi connectivity index (χ2n) is 5.41. The fourth-order valence-electron chi connectivity index (χ4n) is 2.47. The number of nitrogens with one attached hydrogen (secondary N) is 1. The summed E-state index contributed by atoms with van der Waals surface area (Å²) < 4.78 is 6.70. The average Bonchev–Trinajstić information content (AvgIpc) is 3.14. The normalized spacial score (nSPS) is 10.4. The van der Waals surface area contributed by atoms with Crippen molar-refractivity contribution < 1.29 is 9.53 Å². The second-order valence-corrected chi connectivity index (χ2v) is 5.41. The molecule has 0 spiro atoms. The molecule has 0 aliphatic rings. The monoisotopic (exact) mass is 321 g/mol. The number of methoxy groups -OCH3 is 1. The Hall–Kier alpha value is -3.08. The van der Waals surface area contributed by atoms with Gasteiger partial charge in [0, 0.05) is 24.6 Å². The number of carbonyl (C=O) groups excluding carboxylic acids is 1. The van der Waals surface area contributed by atoms with Crippen molar-refractivity contribution in [1.29, 1.82) is 0 Å². The van der Waals surface area contributed by atoms with Crippen LogP contribution in [0.2, 0.25) is 0 Å². The van der Waals surface area contributed by atoms with Gasteiger partial charge in [-0.3, -0.25) is 4.68 Å². The maximum atomic E-state index is 11.8. The number of esters is 1. The number of benzene rings is 2. The molecular formula is C19H19N3O2. The van der Waals surface area contributed by atoms with Crippen molar-refractivity contribution in [3.63, 3.8) is 0 Å². The number of ether oxygens (including phenoxy) is 1. The molecule has 0 aliphatic heterocycles. The van der Waals surface area contributed by atoms with Crippen LogP contribution in [0.1, 0.15) is 21.5 Å². The molecule has 0 amide bonds. The standard InChI is InChI=1S/C19H19N3O2/c1-24-19(23)17-5-2-3-6-18(17)20-13-15-7-9-16(10-8-15)14-22-12-4-11-21-22/h2-12,20H,13-14H2,1H3. The Morgan fingerprint density at radius 3 is 2.54 bits per heavy atom. The van der Waals surface area contributed by atoms with Crippen LogP contribution < -0.4 is 5.32 Å². The summed E-state index contributed by atoms with van der Waals surface area (Å²) >= 11 is 0. The van der Waals surface area contributed by atoms with Gasteiger partial charge in [-0.1, -0.05) is 36.4 Å². The summed E-state index contributed by atoms with van der Waals surface area (Å²) in [6.45, 7) is 1.39. The highest BCUT2D eigenvalue weighted by atomic mass is 16.5. The van der Waals surface area contributed by atoms with Gasteiger partial charge in [-0.25, -0.2) is 4.79 Å². The Morgan fingerprint density at radius 2 is 1.83 bits per heavy atom. The quantitative estimate of drug-likeness (QED) is 0.708. The molecule has 122 valence electrons. The number of hydrogen-bond acceptors (Lipinski definition) is 4. The molecule has 1 aromatic heterocycles. The van der Waals surface area contributed by atoms with Crippen molar-refractivity contribution in [2.75, 3.05) is 12.4 Å². The average molecular weight is 321 g/mol. The van der Waals surface area contributed by atoms with Crippen LogP contribution >= 0.6 is 0 Å². The molecule has 0 saturated heterocycles. The highest BCUT2D eigenvalue weighted by molar-refractivity contribution is 5.95. The minimum atomic E-state index is -0.340. The van der Waals surface area contributed by atoms with Crippen LogP contribution in [-0.2, 0) is 17.8 Å². The Kier molecular flexibility index (Phi) is 4.91. The Labute approximate surface area is 140 Å². The molecule has 0 unspecified atom stereocenters. The number of para-hydroxylation sites is 1. The molecule has 1 heterocycles. The van der Waals surface area contributed by atoms with E-state index in [2.05, 4.69) is 34.7 Å². The van der Waals surface area contributed by atoms with Crippen molar-refractivity contribution in [3.05, 3.63) is 83.7 Å². The highest BCUT2D eigenvalue weighted by Crippen LogP contribution is 2.17. The Bertz CT molecular complexity index is 796. The van der Waals surface area contributed by atoms with Crippen molar-refractivity contribution in [3.8, 4) is 0 Å². The van der Waals surface area contributed by atoms with E-state index in [9.17, 15) is 4.79 Å². The van der Waals surface area contributed by atoms with E-state index in [-0.39, 0.29) is 5.97 Å². The smallest absolute Gasteiger partial charge is 0.339 e. The summed E-state index contributed by atoms with van der Waals surface area (Å²) in [7, 11) is 1.39. The molecule has 0 atom stereocenters. The first-order chi connectivity index (χ1) is 11.8. The molecule has 24 heavy (non-hydrogen) atoms. The highest BCUT2D eigenvalue weighted by Gasteiger charge is 2.10. The zero-order chi connectivity index (χ0) is 16.8. The zero-order valence-corrected chi connectivity index (χ0v) is 13.5. The van der Waals surface area contributed by atoms with Gasteiger partial charge in [0.05, 0.1) is 19.2 Å². The van der Waals surface area contributed by atoms with Crippen LogP contribution in [0.5, 0.6) is 0 Å². The Balaban J connectivity index is 1.64. The molecule has 2 aromatic carbocycles. The minimum absolute atomic E-state index is 0.340. The largest absolute Gasteiger partial charge is 0.465 e. The van der Waals surface area contributed by atoms with Gasteiger partial charge < -0.3 is 10.1 Å². The predicted molar refractivity (Wildman–Crippen MR) is 92.9 cm³/mol. The number of anilines is 1. The van der Waals surface area contributed by atoms with Gasteiger partial charge in [0.2, 0.25) is 0 Å². The molecule has 0 aliphatic carbocycles. The van der Waals surface area contributed by atoms with E-state index in [1.165, 1.54) is 12.7 Å². The molecule has 1 N–H and O–H groups in total. The van der Waals surface area contributed by atoms with Gasteiger partial charge in [0.15, 0.2) is 0 Å². The van der Waals surface area contributed by atoms with Crippen LogP contribution in [0, 0.1) is 0 Å². The van der Waals surface area contributed by atoms with Gasteiger partial charge >= 0.3 is 5.97 Å². The third-order valence-electron chi connectivity index (χ3n) is 3.74. The lowest BCUT2D eigenvalue weighted by molar-refractivity contribution is 0.0602. The fourth-order valence-corrected chi connectivity index (χ4v) is 2.47. The first kappa shape index (κ1) is 15.8. The second kappa shape index (κ2) is 7.46. The van der Waals surface area contributed by atoms with Gasteiger partial charge in [0.25, 0.3) is 0 Å². The zero-order valence-electron chi connectivity index (χ0n) is 13.5. The molecule has 3 rings (SSSR count). The number of carbonyl (C=O) groups is 1. The molecule has 0 fully saturated rings. The molecule has 0 saturated carbocycles. The fraction of sp³-hybridized carbons (Fsp3) is 0.158. The number of rotatable bonds is 6. The maximum absolute atomic E-state index is 11.8. The van der Waals surface area contributed by atoms with Crippen LogP contribution in [0.4, 0.5) is 5.69 Å². The number of nitrogens with zero attached hydrogens (tertiary/aromatic N) is 2. The van der Waals surface area contributed by atoms with Crippen LogP contribution in [0.25, 0.3) is 0 Å². The molecule has 0 bridgehead atoms. The molecule has 5 heteroatoms. The summed E-state index contributed by atoms with van der Waals surface area (Å²) in [5.74, 6) is -0.340. The van der Waals surface area contributed by atoms with E-state index in [0.717, 1.165) is 17.8 Å². The molecule has 3 aromatic rings. The third-order valence-corrected chi connectivity index (χ3v) is 3.74. The van der Waals surface area contributed by atoms with Gasteiger partial charge in [0.1, 0.15) is 0 Å². The summed E-state index contributed by atoms with van der Waals surface area (Å²) in [6, 6.07) is 17.6. The lowest BCUT2D eigenvalue weighted by Crippen LogP contribution is -2.08. The summed E-state index contributed by atoms with van der Waals surface area (Å²) in [5.41, 5.74) is 3.64.